The van der Waals surface area contributed by atoms with Crippen molar-refractivity contribution in [3.05, 3.63) is 24.3 Å². The second-order valence-electron chi connectivity index (χ2n) is 4.07. The molecule has 0 spiro atoms. The third-order valence-corrected chi connectivity index (χ3v) is 2.38. The highest BCUT2D eigenvalue weighted by Crippen LogP contribution is 2.25. The third-order valence-electron chi connectivity index (χ3n) is 2.38. The molecule has 0 saturated heterocycles. The maximum atomic E-state index is 4.17. The van der Waals surface area contributed by atoms with Gasteiger partial charge in [0.25, 0.3) is 0 Å². The molecule has 0 aliphatic carbocycles. The predicted molar refractivity (Wildman–Crippen MR) is 61.9 cm³/mol. The van der Waals surface area contributed by atoms with Gasteiger partial charge in [-0.1, -0.05) is 51.0 Å². The van der Waals surface area contributed by atoms with E-state index in [-0.39, 0.29) is 0 Å². The molecule has 0 atom stereocenters. The molecule has 0 heterocycles. The highest BCUT2D eigenvalue weighted by molar-refractivity contribution is 5.10. The first-order valence-electron chi connectivity index (χ1n) is 5.43. The van der Waals surface area contributed by atoms with Crippen molar-refractivity contribution < 1.29 is 0 Å². The largest absolute Gasteiger partial charge is 0.0998 e. The van der Waals surface area contributed by atoms with E-state index in [1.54, 1.807) is 0 Å². The second kappa shape index (κ2) is 6.94. The van der Waals surface area contributed by atoms with Crippen LogP contribution < -0.4 is 0 Å². The molecule has 13 heavy (non-hydrogen) atoms. The molecule has 0 aliphatic rings. The van der Waals surface area contributed by atoms with E-state index in [0.29, 0.717) is 0 Å². The van der Waals surface area contributed by atoms with Gasteiger partial charge < -0.3 is 0 Å². The molecule has 0 unspecified atom stereocenters. The Morgan fingerprint density at radius 1 is 1.08 bits per heavy atom. The molecular formula is C13H24. The molecule has 0 aromatic heterocycles. The quantitative estimate of drug-likeness (QED) is 0.497. The predicted octanol–water partition coefficient (Wildman–Crippen LogP) is 4.73. The molecule has 0 saturated carbocycles. The van der Waals surface area contributed by atoms with Gasteiger partial charge in [0.1, 0.15) is 0 Å². The molecule has 0 nitrogen and oxygen atoms in total. The van der Waals surface area contributed by atoms with Crippen LogP contribution in [0.25, 0.3) is 0 Å². The molecule has 0 radical (unpaired) electrons. The summed E-state index contributed by atoms with van der Waals surface area (Å²) in [6.45, 7) is 14.7. The van der Waals surface area contributed by atoms with Crippen LogP contribution in [0, 0.1) is 5.92 Å². The van der Waals surface area contributed by atoms with Crippen LogP contribution in [0.3, 0.4) is 0 Å². The molecule has 0 rings (SSSR count). The van der Waals surface area contributed by atoms with Crippen molar-refractivity contribution in [1.82, 2.24) is 0 Å². The smallest absolute Gasteiger partial charge is 0.0114 e. The van der Waals surface area contributed by atoms with E-state index in [0.717, 1.165) is 12.3 Å². The first-order chi connectivity index (χ1) is 6.11. The van der Waals surface area contributed by atoms with Crippen LogP contribution in [0.1, 0.15) is 52.9 Å². The SMILES string of the molecule is C=C(C)CC(=C)C(CCC)CCC. The maximum Gasteiger partial charge on any atom is -0.0114 e. The highest BCUT2D eigenvalue weighted by Gasteiger charge is 2.10. The van der Waals surface area contributed by atoms with Gasteiger partial charge in [-0.15, -0.1) is 0 Å². The average Bonchev–Trinajstić information content (AvgIpc) is 2.02. The van der Waals surface area contributed by atoms with Crippen molar-refractivity contribution in [3.63, 3.8) is 0 Å². The van der Waals surface area contributed by atoms with Crippen LogP contribution in [0.5, 0.6) is 0 Å². The molecule has 0 fully saturated rings. The number of allylic oxidation sites excluding steroid dienone is 2. The van der Waals surface area contributed by atoms with Gasteiger partial charge in [-0.05, 0) is 32.1 Å². The van der Waals surface area contributed by atoms with Crippen molar-refractivity contribution in [2.75, 3.05) is 0 Å². The van der Waals surface area contributed by atoms with Gasteiger partial charge >= 0.3 is 0 Å². The standard InChI is InChI=1S/C13H24/c1-6-8-13(9-7-2)12(5)10-11(3)4/h13H,3,5-10H2,1-2,4H3. The molecule has 0 aliphatic heterocycles. The summed E-state index contributed by atoms with van der Waals surface area (Å²) in [4.78, 5) is 0. The summed E-state index contributed by atoms with van der Waals surface area (Å²) in [5.74, 6) is 0.728. The lowest BCUT2D eigenvalue weighted by Gasteiger charge is -2.18. The fraction of sp³-hybridized carbons (Fsp3) is 0.692. The first kappa shape index (κ1) is 12.5. The molecule has 0 heteroatoms. The zero-order valence-corrected chi connectivity index (χ0v) is 9.53. The zero-order valence-electron chi connectivity index (χ0n) is 9.53. The number of rotatable bonds is 7. The summed E-state index contributed by atoms with van der Waals surface area (Å²) in [6.07, 6.45) is 6.13. The summed E-state index contributed by atoms with van der Waals surface area (Å²) in [5.41, 5.74) is 2.62. The van der Waals surface area contributed by atoms with Crippen LogP contribution in [0.15, 0.2) is 24.3 Å². The number of hydrogen-bond acceptors (Lipinski definition) is 0. The van der Waals surface area contributed by atoms with Gasteiger partial charge in [-0.2, -0.15) is 0 Å². The fourth-order valence-electron chi connectivity index (χ4n) is 1.78. The van der Waals surface area contributed by atoms with Crippen LogP contribution in [0.4, 0.5) is 0 Å². The van der Waals surface area contributed by atoms with E-state index >= 15 is 0 Å². The van der Waals surface area contributed by atoms with Crippen molar-refractivity contribution in [1.29, 1.82) is 0 Å². The van der Waals surface area contributed by atoms with Crippen LogP contribution in [-0.2, 0) is 0 Å². The summed E-state index contributed by atoms with van der Waals surface area (Å²) >= 11 is 0. The summed E-state index contributed by atoms with van der Waals surface area (Å²) in [6, 6.07) is 0. The molecule has 0 aromatic rings. The van der Waals surface area contributed by atoms with E-state index < -0.39 is 0 Å². The van der Waals surface area contributed by atoms with E-state index in [9.17, 15) is 0 Å². The molecule has 0 bridgehead atoms. The second-order valence-corrected chi connectivity index (χ2v) is 4.07. The Hall–Kier alpha value is -0.520. The van der Waals surface area contributed by atoms with Gasteiger partial charge in [0, 0.05) is 0 Å². The molecule has 0 aromatic carbocycles. The first-order valence-corrected chi connectivity index (χ1v) is 5.43. The molecular weight excluding hydrogens is 156 g/mol. The summed E-state index contributed by atoms with van der Waals surface area (Å²) < 4.78 is 0. The topological polar surface area (TPSA) is 0 Å². The van der Waals surface area contributed by atoms with Gasteiger partial charge in [0.15, 0.2) is 0 Å². The molecule has 0 amide bonds. The summed E-state index contributed by atoms with van der Waals surface area (Å²) in [5, 5.41) is 0. The van der Waals surface area contributed by atoms with Crippen LogP contribution >= 0.6 is 0 Å². The molecule has 0 N–H and O–H groups in total. The van der Waals surface area contributed by atoms with E-state index in [1.165, 1.54) is 36.8 Å². The Balaban J connectivity index is 4.02. The average molecular weight is 180 g/mol. The lowest BCUT2D eigenvalue weighted by Crippen LogP contribution is -2.03. The maximum absolute atomic E-state index is 4.17. The van der Waals surface area contributed by atoms with Crippen molar-refractivity contribution in [2.24, 2.45) is 5.92 Å². The Morgan fingerprint density at radius 3 is 1.85 bits per heavy atom. The van der Waals surface area contributed by atoms with Crippen molar-refractivity contribution >= 4 is 0 Å². The third kappa shape index (κ3) is 5.68. The van der Waals surface area contributed by atoms with Gasteiger partial charge in [-0.3, -0.25) is 0 Å². The Labute approximate surface area is 83.7 Å². The van der Waals surface area contributed by atoms with Crippen molar-refractivity contribution in [3.8, 4) is 0 Å². The minimum atomic E-state index is 0.728. The normalized spacial score (nSPS) is 10.5. The fourth-order valence-corrected chi connectivity index (χ4v) is 1.78. The highest BCUT2D eigenvalue weighted by atomic mass is 14.2. The minimum absolute atomic E-state index is 0.728. The van der Waals surface area contributed by atoms with Crippen molar-refractivity contribution in [2.45, 2.75) is 52.9 Å². The lowest BCUT2D eigenvalue weighted by molar-refractivity contribution is 0.497. The zero-order chi connectivity index (χ0) is 10.3. The van der Waals surface area contributed by atoms with Crippen LogP contribution in [-0.4, -0.2) is 0 Å². The van der Waals surface area contributed by atoms with Gasteiger partial charge in [0.05, 0.1) is 0 Å². The number of hydrogen-bond donors (Lipinski definition) is 0. The Bertz CT molecular complexity index is 159. The monoisotopic (exact) mass is 180 g/mol. The van der Waals surface area contributed by atoms with E-state index in [1.807, 2.05) is 0 Å². The van der Waals surface area contributed by atoms with E-state index in [2.05, 4.69) is 33.9 Å². The Kier molecular flexibility index (Phi) is 6.66. The summed E-state index contributed by atoms with van der Waals surface area (Å²) in [7, 11) is 0. The minimum Gasteiger partial charge on any atom is -0.0998 e. The lowest BCUT2D eigenvalue weighted by atomic mass is 9.88. The van der Waals surface area contributed by atoms with Crippen LogP contribution in [0.2, 0.25) is 0 Å². The van der Waals surface area contributed by atoms with Gasteiger partial charge in [-0.25, -0.2) is 0 Å². The van der Waals surface area contributed by atoms with E-state index in [4.69, 9.17) is 0 Å². The van der Waals surface area contributed by atoms with Gasteiger partial charge in [0.2, 0.25) is 0 Å². The molecule has 76 valence electrons. The Morgan fingerprint density at radius 2 is 1.54 bits per heavy atom.